The summed E-state index contributed by atoms with van der Waals surface area (Å²) in [6.07, 6.45) is -3.29. The van der Waals surface area contributed by atoms with Gasteiger partial charge in [-0.1, -0.05) is 18.2 Å². The molecule has 0 atom stereocenters. The summed E-state index contributed by atoms with van der Waals surface area (Å²) in [5.74, 6) is 0.896. The molecule has 4 nitrogen and oxygen atoms in total. The summed E-state index contributed by atoms with van der Waals surface area (Å²) in [7, 11) is 1.63. The Labute approximate surface area is 168 Å². The highest BCUT2D eigenvalue weighted by Gasteiger charge is 2.31. The highest BCUT2D eigenvalue weighted by Crippen LogP contribution is 2.32. The molecule has 156 valence electrons. The summed E-state index contributed by atoms with van der Waals surface area (Å²) in [5.41, 5.74) is 2.01. The molecule has 1 aliphatic heterocycles. The molecular formula is C22H25F3N2O2. The number of nitrogens with zero attached hydrogens (tertiary/aromatic N) is 2. The Balaban J connectivity index is 1.53. The molecule has 3 rings (SSSR count). The molecule has 0 aliphatic carbocycles. The molecule has 1 saturated heterocycles. The molecule has 1 heterocycles. The van der Waals surface area contributed by atoms with Crippen molar-refractivity contribution in [3.8, 4) is 5.75 Å². The van der Waals surface area contributed by atoms with Gasteiger partial charge in [0.2, 0.25) is 5.91 Å². The Morgan fingerprint density at radius 2 is 1.79 bits per heavy atom. The Morgan fingerprint density at radius 3 is 2.41 bits per heavy atom. The lowest BCUT2D eigenvalue weighted by atomic mass is 10.1. The van der Waals surface area contributed by atoms with Gasteiger partial charge in [-0.2, -0.15) is 13.2 Å². The van der Waals surface area contributed by atoms with Crippen LogP contribution >= 0.6 is 0 Å². The molecular weight excluding hydrogens is 381 g/mol. The average molecular weight is 406 g/mol. The van der Waals surface area contributed by atoms with Crippen LogP contribution in [0.4, 0.5) is 18.9 Å². The van der Waals surface area contributed by atoms with Gasteiger partial charge in [0.25, 0.3) is 0 Å². The van der Waals surface area contributed by atoms with Crippen LogP contribution in [0.1, 0.15) is 23.1 Å². The third kappa shape index (κ3) is 5.22. The number of anilines is 1. The third-order valence-corrected chi connectivity index (χ3v) is 5.26. The molecule has 0 spiro atoms. The molecule has 0 saturated carbocycles. The maximum atomic E-state index is 12.9. The number of hydrogen-bond acceptors (Lipinski definition) is 3. The molecule has 2 aromatic rings. The van der Waals surface area contributed by atoms with Crippen molar-refractivity contribution in [1.82, 2.24) is 4.90 Å². The quantitative estimate of drug-likeness (QED) is 0.742. The van der Waals surface area contributed by atoms with E-state index in [9.17, 15) is 18.0 Å². The molecule has 7 heteroatoms. The number of alkyl halides is 3. The Hall–Kier alpha value is -2.70. The van der Waals surface area contributed by atoms with Gasteiger partial charge < -0.3 is 14.5 Å². The van der Waals surface area contributed by atoms with Gasteiger partial charge in [-0.15, -0.1) is 0 Å². The van der Waals surface area contributed by atoms with E-state index in [0.717, 1.165) is 22.9 Å². The predicted octanol–water partition coefficient (Wildman–Crippen LogP) is 4.30. The molecule has 0 bridgehead atoms. The monoisotopic (exact) mass is 406 g/mol. The first-order valence-corrected chi connectivity index (χ1v) is 9.61. The van der Waals surface area contributed by atoms with Gasteiger partial charge in [-0.25, -0.2) is 0 Å². The van der Waals surface area contributed by atoms with Gasteiger partial charge in [-0.3, -0.25) is 4.79 Å². The fourth-order valence-corrected chi connectivity index (χ4v) is 3.60. The number of hydrogen-bond donors (Lipinski definition) is 0. The normalized spacial score (nSPS) is 14.8. The lowest BCUT2D eigenvalue weighted by molar-refractivity contribution is -0.137. The summed E-state index contributed by atoms with van der Waals surface area (Å²) in [4.78, 5) is 16.2. The van der Waals surface area contributed by atoms with E-state index >= 15 is 0 Å². The van der Waals surface area contributed by atoms with E-state index in [1.807, 2.05) is 30.0 Å². The summed E-state index contributed by atoms with van der Waals surface area (Å²) >= 11 is 0. The number of carbonyl (C=O) groups excluding carboxylic acids is 1. The van der Waals surface area contributed by atoms with Crippen LogP contribution in [0.2, 0.25) is 0 Å². The van der Waals surface area contributed by atoms with E-state index in [4.69, 9.17) is 4.74 Å². The van der Waals surface area contributed by atoms with Crippen molar-refractivity contribution in [3.63, 3.8) is 0 Å². The maximum absolute atomic E-state index is 12.9. The molecule has 1 aliphatic rings. The smallest absolute Gasteiger partial charge is 0.416 e. The van der Waals surface area contributed by atoms with Gasteiger partial charge >= 0.3 is 6.18 Å². The molecule has 0 unspecified atom stereocenters. The van der Waals surface area contributed by atoms with Gasteiger partial charge in [-0.05, 0) is 48.7 Å². The predicted molar refractivity (Wildman–Crippen MR) is 106 cm³/mol. The highest BCUT2D eigenvalue weighted by atomic mass is 19.4. The van der Waals surface area contributed by atoms with Crippen molar-refractivity contribution in [3.05, 3.63) is 59.2 Å². The van der Waals surface area contributed by atoms with Gasteiger partial charge in [0.1, 0.15) is 5.75 Å². The number of methoxy groups -OCH3 is 1. The van der Waals surface area contributed by atoms with Gasteiger partial charge in [0.15, 0.2) is 0 Å². The molecule has 2 aromatic carbocycles. The summed E-state index contributed by atoms with van der Waals surface area (Å²) in [6.45, 7) is 4.04. The third-order valence-electron chi connectivity index (χ3n) is 5.26. The van der Waals surface area contributed by atoms with Crippen molar-refractivity contribution >= 4 is 11.6 Å². The minimum Gasteiger partial charge on any atom is -0.496 e. The SMILES string of the molecule is COc1ccc(CCC(=O)N2CCN(c3cccc(C(F)(F)F)c3)CC2)cc1C. The van der Waals surface area contributed by atoms with Crippen molar-refractivity contribution in [2.75, 3.05) is 38.2 Å². The molecule has 0 aromatic heterocycles. The number of amides is 1. The zero-order valence-electron chi connectivity index (χ0n) is 16.6. The fraction of sp³-hybridized carbons (Fsp3) is 0.409. The zero-order valence-corrected chi connectivity index (χ0v) is 16.6. The van der Waals surface area contributed by atoms with E-state index in [-0.39, 0.29) is 5.91 Å². The van der Waals surface area contributed by atoms with Crippen molar-refractivity contribution in [1.29, 1.82) is 0 Å². The number of aryl methyl sites for hydroxylation is 2. The van der Waals surface area contributed by atoms with Crippen LogP contribution in [0.5, 0.6) is 5.75 Å². The number of halogens is 3. The largest absolute Gasteiger partial charge is 0.496 e. The molecule has 0 radical (unpaired) electrons. The van der Waals surface area contributed by atoms with E-state index in [1.165, 1.54) is 12.1 Å². The number of ether oxygens (including phenoxy) is 1. The minimum absolute atomic E-state index is 0.0714. The van der Waals surface area contributed by atoms with Gasteiger partial charge in [0.05, 0.1) is 12.7 Å². The number of benzene rings is 2. The first-order chi connectivity index (χ1) is 13.8. The lowest BCUT2D eigenvalue weighted by Gasteiger charge is -2.36. The van der Waals surface area contributed by atoms with Crippen LogP contribution in [-0.2, 0) is 17.4 Å². The molecule has 1 amide bonds. The van der Waals surface area contributed by atoms with Crippen molar-refractivity contribution in [2.45, 2.75) is 25.9 Å². The van der Waals surface area contributed by atoms with Gasteiger partial charge in [0, 0.05) is 38.3 Å². The van der Waals surface area contributed by atoms with Crippen LogP contribution in [0.25, 0.3) is 0 Å². The highest BCUT2D eigenvalue weighted by molar-refractivity contribution is 5.76. The Bertz CT molecular complexity index is 859. The second-order valence-corrected chi connectivity index (χ2v) is 7.22. The summed E-state index contributed by atoms with van der Waals surface area (Å²) < 4.78 is 44.0. The van der Waals surface area contributed by atoms with Crippen LogP contribution in [0, 0.1) is 6.92 Å². The van der Waals surface area contributed by atoms with Crippen LogP contribution < -0.4 is 9.64 Å². The Morgan fingerprint density at radius 1 is 1.07 bits per heavy atom. The standard InChI is InChI=1S/C22H25F3N2O2/c1-16-14-17(6-8-20(16)29-2)7-9-21(28)27-12-10-26(11-13-27)19-5-3-4-18(15-19)22(23,24)25/h3-6,8,14-15H,7,9-13H2,1-2H3. The number of piperazine rings is 1. The number of rotatable bonds is 5. The zero-order chi connectivity index (χ0) is 21.0. The van der Waals surface area contributed by atoms with E-state index < -0.39 is 11.7 Å². The van der Waals surface area contributed by atoms with E-state index in [2.05, 4.69) is 0 Å². The molecule has 29 heavy (non-hydrogen) atoms. The molecule has 1 fully saturated rings. The Kier molecular flexibility index (Phi) is 6.35. The summed E-state index contributed by atoms with van der Waals surface area (Å²) in [5, 5.41) is 0. The topological polar surface area (TPSA) is 32.8 Å². The van der Waals surface area contributed by atoms with Crippen LogP contribution in [-0.4, -0.2) is 44.1 Å². The van der Waals surface area contributed by atoms with Crippen LogP contribution in [0.15, 0.2) is 42.5 Å². The van der Waals surface area contributed by atoms with E-state index in [1.54, 1.807) is 18.1 Å². The first kappa shape index (κ1) is 21.0. The average Bonchev–Trinajstić information content (AvgIpc) is 2.71. The number of carbonyl (C=O) groups is 1. The second kappa shape index (κ2) is 8.76. The summed E-state index contributed by atoms with van der Waals surface area (Å²) in [6, 6.07) is 11.2. The van der Waals surface area contributed by atoms with Crippen LogP contribution in [0.3, 0.4) is 0 Å². The first-order valence-electron chi connectivity index (χ1n) is 9.61. The maximum Gasteiger partial charge on any atom is 0.416 e. The lowest BCUT2D eigenvalue weighted by Crippen LogP contribution is -2.48. The minimum atomic E-state index is -4.35. The molecule has 0 N–H and O–H groups in total. The van der Waals surface area contributed by atoms with E-state index in [0.29, 0.717) is 44.7 Å². The van der Waals surface area contributed by atoms with Crippen molar-refractivity contribution in [2.24, 2.45) is 0 Å². The fourth-order valence-electron chi connectivity index (χ4n) is 3.60. The van der Waals surface area contributed by atoms with Crippen molar-refractivity contribution < 1.29 is 22.7 Å². The second-order valence-electron chi connectivity index (χ2n) is 7.22.